The highest BCUT2D eigenvalue weighted by Crippen LogP contribution is 2.27. The van der Waals surface area contributed by atoms with Crippen molar-refractivity contribution in [1.29, 1.82) is 0 Å². The van der Waals surface area contributed by atoms with Gasteiger partial charge in [0.2, 0.25) is 0 Å². The number of fused-ring (bicyclic) bond motifs is 3. The maximum atomic E-state index is 13.4. The number of aromatic nitrogens is 4. The summed E-state index contributed by atoms with van der Waals surface area (Å²) in [5.41, 5.74) is -2.96. The molecule has 1 aliphatic heterocycles. The maximum absolute atomic E-state index is 13.4. The minimum Gasteiger partial charge on any atom is -0.438 e. The molecule has 0 spiro atoms. The van der Waals surface area contributed by atoms with Gasteiger partial charge in [0.15, 0.2) is 17.4 Å². The van der Waals surface area contributed by atoms with Crippen LogP contribution in [0.3, 0.4) is 0 Å². The molecule has 2 aromatic heterocycles. The number of hydrogen-bond donors (Lipinski definition) is 1. The number of carbonyl (C=O) groups excluding carboxylic acids is 2. The van der Waals surface area contributed by atoms with Crippen LogP contribution in [-0.2, 0) is 27.9 Å². The molecule has 2 unspecified atom stereocenters. The van der Waals surface area contributed by atoms with E-state index in [-0.39, 0.29) is 36.6 Å². The average Bonchev–Trinajstić information content (AvgIpc) is 3.14. The standard InChI is InChI=1S/C22H27N5O7/c1-6-14-27-17-18(23-20(27)34-16(29)9-8-15(28)33-14)25(5)21(31)26(19(17)30)13-11-22(2,32)10-7-12-24(3)4/h8-9,14,32H,6,11-13H2,1-5H3/b9-8+. The molecule has 0 amide bonds. The van der Waals surface area contributed by atoms with Gasteiger partial charge >= 0.3 is 23.6 Å². The molecule has 3 rings (SSSR count). The van der Waals surface area contributed by atoms with Gasteiger partial charge in [0.1, 0.15) is 5.60 Å². The summed E-state index contributed by atoms with van der Waals surface area (Å²) in [4.78, 5) is 56.5. The van der Waals surface area contributed by atoms with Gasteiger partial charge in [-0.15, -0.1) is 0 Å². The van der Waals surface area contributed by atoms with Crippen LogP contribution in [0.5, 0.6) is 6.01 Å². The molecule has 182 valence electrons. The Kier molecular flexibility index (Phi) is 7.09. The molecule has 0 saturated carbocycles. The summed E-state index contributed by atoms with van der Waals surface area (Å²) in [6.45, 7) is 3.52. The van der Waals surface area contributed by atoms with Gasteiger partial charge in [-0.1, -0.05) is 18.8 Å². The third-order valence-corrected chi connectivity index (χ3v) is 5.16. The molecule has 2 aromatic rings. The Morgan fingerprint density at radius 3 is 2.53 bits per heavy atom. The number of ether oxygens (including phenoxy) is 2. The first-order valence-electron chi connectivity index (χ1n) is 10.6. The van der Waals surface area contributed by atoms with Gasteiger partial charge in [-0.2, -0.15) is 4.98 Å². The fraction of sp³-hybridized carbons (Fsp3) is 0.500. The molecule has 0 aliphatic carbocycles. The number of imidazole rings is 1. The van der Waals surface area contributed by atoms with Crippen LogP contribution in [0.15, 0.2) is 21.7 Å². The van der Waals surface area contributed by atoms with Crippen molar-refractivity contribution in [2.75, 3.05) is 20.6 Å². The first-order chi connectivity index (χ1) is 15.9. The van der Waals surface area contributed by atoms with Crippen LogP contribution in [0.1, 0.15) is 32.9 Å². The third-order valence-electron chi connectivity index (χ3n) is 5.16. The topological polar surface area (TPSA) is 138 Å². The lowest BCUT2D eigenvalue weighted by Gasteiger charge is -2.19. The highest BCUT2D eigenvalue weighted by Gasteiger charge is 2.29. The van der Waals surface area contributed by atoms with E-state index in [0.29, 0.717) is 6.54 Å². The minimum absolute atomic E-state index is 0.000173. The summed E-state index contributed by atoms with van der Waals surface area (Å²) < 4.78 is 13.9. The lowest BCUT2D eigenvalue weighted by Crippen LogP contribution is -2.41. The van der Waals surface area contributed by atoms with Crippen LogP contribution >= 0.6 is 0 Å². The molecule has 2 atom stereocenters. The van der Waals surface area contributed by atoms with E-state index in [9.17, 15) is 24.3 Å². The van der Waals surface area contributed by atoms with E-state index in [0.717, 1.165) is 21.3 Å². The molecule has 12 nitrogen and oxygen atoms in total. The normalized spacial score (nSPS) is 18.6. The van der Waals surface area contributed by atoms with Crippen LogP contribution in [-0.4, -0.2) is 66.9 Å². The van der Waals surface area contributed by atoms with Crippen molar-refractivity contribution in [2.24, 2.45) is 7.05 Å². The van der Waals surface area contributed by atoms with Crippen LogP contribution in [0, 0.1) is 11.8 Å². The number of carbonyl (C=O) groups is 2. The molecule has 0 fully saturated rings. The predicted octanol–water partition coefficient (Wildman–Crippen LogP) is -0.470. The second kappa shape index (κ2) is 9.66. The van der Waals surface area contributed by atoms with E-state index < -0.39 is 35.0 Å². The van der Waals surface area contributed by atoms with Gasteiger partial charge in [0.25, 0.3) is 5.56 Å². The van der Waals surface area contributed by atoms with Gasteiger partial charge in [0, 0.05) is 38.6 Å². The maximum Gasteiger partial charge on any atom is 0.338 e. The fourth-order valence-corrected chi connectivity index (χ4v) is 3.39. The van der Waals surface area contributed by atoms with E-state index in [1.807, 2.05) is 19.0 Å². The summed E-state index contributed by atoms with van der Waals surface area (Å²) in [7, 11) is 5.10. The number of esters is 2. The zero-order valence-electron chi connectivity index (χ0n) is 19.7. The van der Waals surface area contributed by atoms with E-state index >= 15 is 0 Å². The monoisotopic (exact) mass is 473 g/mol. The largest absolute Gasteiger partial charge is 0.438 e. The smallest absolute Gasteiger partial charge is 0.338 e. The Hall–Kier alpha value is -3.69. The average molecular weight is 473 g/mol. The number of cyclic esters (lactones) is 1. The molecule has 3 heterocycles. The lowest BCUT2D eigenvalue weighted by molar-refractivity contribution is -0.147. The molecular weight excluding hydrogens is 446 g/mol. The SMILES string of the molecule is CCC1OC(=O)/C=C/C(=O)Oc2nc3c(c(=O)n(CCC(C)(O)C#CCN(C)C)c(=O)n3C)n21. The Balaban J connectivity index is 2.13. The number of aliphatic hydroxyl groups is 1. The van der Waals surface area contributed by atoms with Crippen LogP contribution in [0.4, 0.5) is 0 Å². The second-order valence-corrected chi connectivity index (χ2v) is 8.35. The van der Waals surface area contributed by atoms with Gasteiger partial charge in [0.05, 0.1) is 6.54 Å². The highest BCUT2D eigenvalue weighted by atomic mass is 16.6. The quantitative estimate of drug-likeness (QED) is 0.451. The van der Waals surface area contributed by atoms with Crippen molar-refractivity contribution in [2.45, 2.75) is 45.1 Å². The van der Waals surface area contributed by atoms with Gasteiger partial charge < -0.3 is 14.6 Å². The molecule has 12 heteroatoms. The number of aryl methyl sites for hydroxylation is 1. The molecule has 34 heavy (non-hydrogen) atoms. The first kappa shape index (κ1) is 24.9. The van der Waals surface area contributed by atoms with Gasteiger partial charge in [-0.25, -0.2) is 19.0 Å². The molecule has 0 saturated heterocycles. The Labute approximate surface area is 195 Å². The predicted molar refractivity (Wildman–Crippen MR) is 121 cm³/mol. The zero-order chi connectivity index (χ0) is 25.2. The van der Waals surface area contributed by atoms with Gasteiger partial charge in [-0.05, 0) is 21.0 Å². The van der Waals surface area contributed by atoms with Crippen molar-refractivity contribution >= 4 is 23.1 Å². The fourth-order valence-electron chi connectivity index (χ4n) is 3.39. The van der Waals surface area contributed by atoms with Crippen LogP contribution in [0.2, 0.25) is 0 Å². The summed E-state index contributed by atoms with van der Waals surface area (Å²) in [6, 6.07) is -0.280. The summed E-state index contributed by atoms with van der Waals surface area (Å²) in [5, 5.41) is 10.6. The Morgan fingerprint density at radius 1 is 1.21 bits per heavy atom. The second-order valence-electron chi connectivity index (χ2n) is 8.35. The molecule has 1 N–H and O–H groups in total. The summed E-state index contributed by atoms with van der Waals surface area (Å²) in [5.74, 6) is 3.91. The van der Waals surface area contributed by atoms with E-state index in [1.165, 1.54) is 18.5 Å². The van der Waals surface area contributed by atoms with Crippen molar-refractivity contribution in [3.63, 3.8) is 0 Å². The van der Waals surface area contributed by atoms with E-state index in [1.54, 1.807) is 6.92 Å². The Bertz CT molecular complexity index is 1330. The molecule has 0 aromatic carbocycles. The zero-order valence-corrected chi connectivity index (χ0v) is 19.7. The van der Waals surface area contributed by atoms with Crippen LogP contribution in [0.25, 0.3) is 11.2 Å². The number of nitrogens with zero attached hydrogens (tertiary/aromatic N) is 5. The number of hydrogen-bond acceptors (Lipinski definition) is 9. The van der Waals surface area contributed by atoms with Crippen molar-refractivity contribution in [3.05, 3.63) is 33.0 Å². The summed E-state index contributed by atoms with van der Waals surface area (Å²) in [6.07, 6.45) is 1.03. The molecule has 1 aliphatic rings. The van der Waals surface area contributed by atoms with E-state index in [2.05, 4.69) is 16.8 Å². The van der Waals surface area contributed by atoms with Crippen molar-refractivity contribution < 1.29 is 24.2 Å². The number of rotatable bonds is 5. The highest BCUT2D eigenvalue weighted by molar-refractivity contribution is 5.93. The Morgan fingerprint density at radius 2 is 1.88 bits per heavy atom. The molecule has 0 bridgehead atoms. The van der Waals surface area contributed by atoms with Crippen molar-refractivity contribution in [1.82, 2.24) is 23.6 Å². The first-order valence-corrected chi connectivity index (χ1v) is 10.6. The molecular formula is C22H27N5O7. The lowest BCUT2D eigenvalue weighted by atomic mass is 10.0. The minimum atomic E-state index is -1.44. The van der Waals surface area contributed by atoms with Crippen molar-refractivity contribution in [3.8, 4) is 17.9 Å². The van der Waals surface area contributed by atoms with Crippen LogP contribution < -0.4 is 16.0 Å². The molecule has 0 radical (unpaired) electrons. The third kappa shape index (κ3) is 5.11. The summed E-state index contributed by atoms with van der Waals surface area (Å²) >= 11 is 0. The van der Waals surface area contributed by atoms with Gasteiger partial charge in [-0.3, -0.25) is 18.8 Å². The van der Waals surface area contributed by atoms with E-state index in [4.69, 9.17) is 9.47 Å².